The van der Waals surface area contributed by atoms with Gasteiger partial charge in [0.2, 0.25) is 11.9 Å². The highest BCUT2D eigenvalue weighted by Gasteiger charge is 2.36. The topological polar surface area (TPSA) is 49.3 Å². The molecule has 1 aliphatic heterocycles. The number of carbonyl (C=O) groups excluding carboxylic acids is 1. The van der Waals surface area contributed by atoms with Gasteiger partial charge in [0.05, 0.1) is 0 Å². The van der Waals surface area contributed by atoms with Crippen molar-refractivity contribution < 1.29 is 18.0 Å². The second-order valence-corrected chi connectivity index (χ2v) is 4.89. The van der Waals surface area contributed by atoms with Gasteiger partial charge in [0.25, 0.3) is 0 Å². The minimum Gasteiger partial charge on any atom is -0.339 e. The van der Waals surface area contributed by atoms with Gasteiger partial charge in [-0.25, -0.2) is 9.97 Å². The Morgan fingerprint density at radius 3 is 2.38 bits per heavy atom. The van der Waals surface area contributed by atoms with Crippen molar-refractivity contribution in [2.45, 2.75) is 26.4 Å². The van der Waals surface area contributed by atoms with Crippen molar-refractivity contribution in [3.05, 3.63) is 17.5 Å². The van der Waals surface area contributed by atoms with Gasteiger partial charge >= 0.3 is 6.18 Å². The summed E-state index contributed by atoms with van der Waals surface area (Å²) in [6.07, 6.45) is -3.01. The van der Waals surface area contributed by atoms with Gasteiger partial charge in [-0.3, -0.25) is 4.79 Å². The molecule has 0 bridgehead atoms. The lowest BCUT2D eigenvalue weighted by molar-refractivity contribution is -0.141. The van der Waals surface area contributed by atoms with Gasteiger partial charge in [0.15, 0.2) is 5.69 Å². The predicted molar refractivity (Wildman–Crippen MR) is 70.9 cm³/mol. The van der Waals surface area contributed by atoms with E-state index >= 15 is 0 Å². The van der Waals surface area contributed by atoms with Crippen molar-refractivity contribution in [1.82, 2.24) is 14.9 Å². The molecule has 1 aliphatic rings. The van der Waals surface area contributed by atoms with E-state index in [4.69, 9.17) is 0 Å². The van der Waals surface area contributed by atoms with E-state index in [0.717, 1.165) is 0 Å². The van der Waals surface area contributed by atoms with E-state index in [9.17, 15) is 18.0 Å². The van der Waals surface area contributed by atoms with Crippen LogP contribution >= 0.6 is 0 Å². The summed E-state index contributed by atoms with van der Waals surface area (Å²) in [6.45, 7) is 4.92. The van der Waals surface area contributed by atoms with Crippen LogP contribution < -0.4 is 4.90 Å². The standard InChI is InChI=1S/C13H17F3N4O/c1-3-10-8-17-12(18-11(10)13(14,15)16)20-6-4-19(5-7-20)9(2)21/h8H,3-7H2,1-2H3. The van der Waals surface area contributed by atoms with Crippen LogP contribution in [0, 0.1) is 0 Å². The number of hydrogen-bond acceptors (Lipinski definition) is 4. The predicted octanol–water partition coefficient (Wildman–Crippen LogP) is 1.73. The molecule has 0 aliphatic carbocycles. The molecule has 0 unspecified atom stereocenters. The Balaban J connectivity index is 2.20. The molecule has 0 atom stereocenters. The molecule has 1 aromatic heterocycles. The largest absolute Gasteiger partial charge is 0.433 e. The van der Waals surface area contributed by atoms with Crippen molar-refractivity contribution in [1.29, 1.82) is 0 Å². The maximum atomic E-state index is 13.0. The fourth-order valence-electron chi connectivity index (χ4n) is 2.28. The SMILES string of the molecule is CCc1cnc(N2CCN(C(C)=O)CC2)nc1C(F)(F)F. The van der Waals surface area contributed by atoms with Crippen LogP contribution in [0.4, 0.5) is 19.1 Å². The van der Waals surface area contributed by atoms with Gasteiger partial charge in [-0.1, -0.05) is 6.92 Å². The second kappa shape index (κ2) is 5.87. The van der Waals surface area contributed by atoms with Crippen molar-refractivity contribution >= 4 is 11.9 Å². The molecule has 0 radical (unpaired) electrons. The van der Waals surface area contributed by atoms with E-state index in [2.05, 4.69) is 9.97 Å². The number of rotatable bonds is 2. The summed E-state index contributed by atoms with van der Waals surface area (Å²) < 4.78 is 39.0. The Morgan fingerprint density at radius 2 is 1.90 bits per heavy atom. The molecule has 0 aromatic carbocycles. The highest BCUT2D eigenvalue weighted by Crippen LogP contribution is 2.31. The smallest absolute Gasteiger partial charge is 0.339 e. The van der Waals surface area contributed by atoms with E-state index in [-0.39, 0.29) is 23.8 Å². The number of amides is 1. The van der Waals surface area contributed by atoms with Crippen LogP contribution in [0.5, 0.6) is 0 Å². The molecule has 2 heterocycles. The zero-order valence-electron chi connectivity index (χ0n) is 11.9. The van der Waals surface area contributed by atoms with E-state index in [1.807, 2.05) is 0 Å². The van der Waals surface area contributed by atoms with E-state index in [1.54, 1.807) is 16.7 Å². The van der Waals surface area contributed by atoms with Crippen LogP contribution in [0.15, 0.2) is 6.20 Å². The molecule has 116 valence electrons. The average molecular weight is 302 g/mol. The fourth-order valence-corrected chi connectivity index (χ4v) is 2.28. The van der Waals surface area contributed by atoms with Crippen LogP contribution in [0.3, 0.4) is 0 Å². The molecule has 2 rings (SSSR count). The lowest BCUT2D eigenvalue weighted by atomic mass is 10.2. The molecular weight excluding hydrogens is 285 g/mol. The van der Waals surface area contributed by atoms with Gasteiger partial charge < -0.3 is 9.80 Å². The molecule has 1 aromatic rings. The number of piperazine rings is 1. The van der Waals surface area contributed by atoms with Crippen molar-refractivity contribution in [3.63, 3.8) is 0 Å². The lowest BCUT2D eigenvalue weighted by Gasteiger charge is -2.34. The number of carbonyl (C=O) groups is 1. The minimum absolute atomic E-state index is 0.0344. The third kappa shape index (κ3) is 3.43. The van der Waals surface area contributed by atoms with Crippen LogP contribution in [-0.4, -0.2) is 47.0 Å². The highest BCUT2D eigenvalue weighted by molar-refractivity contribution is 5.73. The maximum Gasteiger partial charge on any atom is 0.433 e. The highest BCUT2D eigenvalue weighted by atomic mass is 19.4. The molecule has 1 saturated heterocycles. The summed E-state index contributed by atoms with van der Waals surface area (Å²) in [5.74, 6) is 0.0376. The number of aryl methyl sites for hydroxylation is 1. The Morgan fingerprint density at radius 1 is 1.29 bits per heavy atom. The lowest BCUT2D eigenvalue weighted by Crippen LogP contribution is -2.48. The average Bonchev–Trinajstić information content (AvgIpc) is 2.45. The number of aromatic nitrogens is 2. The first-order chi connectivity index (χ1) is 9.82. The van der Waals surface area contributed by atoms with E-state index in [1.165, 1.54) is 13.1 Å². The summed E-state index contributed by atoms with van der Waals surface area (Å²) in [4.78, 5) is 22.3. The third-order valence-corrected chi connectivity index (χ3v) is 3.51. The van der Waals surface area contributed by atoms with Gasteiger partial charge in [-0.15, -0.1) is 0 Å². The molecule has 0 N–H and O–H groups in total. The first kappa shape index (κ1) is 15.5. The van der Waals surface area contributed by atoms with Gasteiger partial charge in [0.1, 0.15) is 0 Å². The van der Waals surface area contributed by atoms with Crippen LogP contribution in [0.1, 0.15) is 25.1 Å². The Labute approximate surface area is 120 Å². The summed E-state index contributed by atoms with van der Waals surface area (Å²) in [5.41, 5.74) is -0.780. The molecule has 0 saturated carbocycles. The molecule has 0 spiro atoms. The van der Waals surface area contributed by atoms with Crippen LogP contribution in [0.25, 0.3) is 0 Å². The number of alkyl halides is 3. The summed E-state index contributed by atoms with van der Waals surface area (Å²) in [6, 6.07) is 0. The zero-order valence-corrected chi connectivity index (χ0v) is 11.9. The van der Waals surface area contributed by atoms with E-state index in [0.29, 0.717) is 26.2 Å². The number of nitrogens with zero attached hydrogens (tertiary/aromatic N) is 4. The first-order valence-corrected chi connectivity index (χ1v) is 6.76. The van der Waals surface area contributed by atoms with Crippen LogP contribution in [-0.2, 0) is 17.4 Å². The molecule has 21 heavy (non-hydrogen) atoms. The zero-order chi connectivity index (χ0) is 15.6. The molecule has 1 fully saturated rings. The molecular formula is C13H17F3N4O. The number of anilines is 1. The second-order valence-electron chi connectivity index (χ2n) is 4.89. The number of halogens is 3. The van der Waals surface area contributed by atoms with Crippen molar-refractivity contribution in [2.75, 3.05) is 31.1 Å². The maximum absolute atomic E-state index is 13.0. The van der Waals surface area contributed by atoms with Gasteiger partial charge in [0, 0.05) is 44.9 Å². The third-order valence-electron chi connectivity index (χ3n) is 3.51. The normalized spacial score (nSPS) is 16.2. The molecule has 1 amide bonds. The Hall–Kier alpha value is -1.86. The van der Waals surface area contributed by atoms with Crippen molar-refractivity contribution in [2.24, 2.45) is 0 Å². The first-order valence-electron chi connectivity index (χ1n) is 6.76. The van der Waals surface area contributed by atoms with E-state index < -0.39 is 11.9 Å². The number of hydrogen-bond donors (Lipinski definition) is 0. The molecule has 5 nitrogen and oxygen atoms in total. The fraction of sp³-hybridized carbons (Fsp3) is 0.615. The summed E-state index contributed by atoms with van der Waals surface area (Å²) in [5, 5.41) is 0. The molecule has 8 heteroatoms. The van der Waals surface area contributed by atoms with Gasteiger partial charge in [-0.05, 0) is 6.42 Å². The Bertz CT molecular complexity index is 525. The van der Waals surface area contributed by atoms with Gasteiger partial charge in [-0.2, -0.15) is 13.2 Å². The summed E-state index contributed by atoms with van der Waals surface area (Å²) >= 11 is 0. The minimum atomic E-state index is -4.48. The van der Waals surface area contributed by atoms with Crippen molar-refractivity contribution in [3.8, 4) is 0 Å². The van der Waals surface area contributed by atoms with Crippen LogP contribution in [0.2, 0.25) is 0 Å². The monoisotopic (exact) mass is 302 g/mol. The Kier molecular flexibility index (Phi) is 4.34. The summed E-state index contributed by atoms with van der Waals surface area (Å²) in [7, 11) is 0. The quantitative estimate of drug-likeness (QED) is 0.835.